The Bertz CT molecular complexity index is 664. The average Bonchev–Trinajstić information content (AvgIpc) is 2.54. The van der Waals surface area contributed by atoms with Crippen LogP contribution in [0.25, 0.3) is 0 Å². The van der Waals surface area contributed by atoms with Gasteiger partial charge in [0.1, 0.15) is 5.75 Å². The van der Waals surface area contributed by atoms with E-state index in [1.165, 1.54) is 0 Å². The zero-order chi connectivity index (χ0) is 18.3. The number of carbonyl (C=O) groups is 1. The molecule has 0 unspecified atom stereocenters. The highest BCUT2D eigenvalue weighted by atomic mass is 16.5. The normalized spacial score (nSPS) is 11.4. The number of amides is 1. The number of hydrogen-bond acceptors (Lipinski definition) is 4. The molecule has 0 fully saturated rings. The van der Waals surface area contributed by atoms with Gasteiger partial charge in [-0.25, -0.2) is 0 Å². The van der Waals surface area contributed by atoms with Gasteiger partial charge in [-0.3, -0.25) is 9.69 Å². The topological polar surface area (TPSA) is 61.8 Å². The van der Waals surface area contributed by atoms with Gasteiger partial charge in [-0.15, -0.1) is 0 Å². The highest BCUT2D eigenvalue weighted by molar-refractivity contribution is 5.92. The fourth-order valence-corrected chi connectivity index (χ4v) is 2.63. The van der Waals surface area contributed by atoms with Gasteiger partial charge in [0.15, 0.2) is 0 Å². The lowest BCUT2D eigenvalue weighted by atomic mass is 10.1. The summed E-state index contributed by atoms with van der Waals surface area (Å²) in [4.78, 5) is 14.3. The number of ether oxygens (including phenoxy) is 1. The van der Waals surface area contributed by atoms with Crippen molar-refractivity contribution in [1.82, 2.24) is 4.90 Å². The molecule has 0 saturated carbocycles. The number of benzene rings is 2. The van der Waals surface area contributed by atoms with Crippen LogP contribution in [0, 0.1) is 0 Å². The van der Waals surface area contributed by atoms with Gasteiger partial charge in [-0.1, -0.05) is 30.3 Å². The number of anilines is 1. The predicted molar refractivity (Wildman–Crippen MR) is 99.6 cm³/mol. The van der Waals surface area contributed by atoms with Gasteiger partial charge in [0.25, 0.3) is 0 Å². The summed E-state index contributed by atoms with van der Waals surface area (Å²) in [6.07, 6.45) is 0. The van der Waals surface area contributed by atoms with E-state index in [4.69, 9.17) is 4.74 Å². The van der Waals surface area contributed by atoms with E-state index in [1.807, 2.05) is 35.2 Å². The van der Waals surface area contributed by atoms with Crippen LogP contribution in [0.15, 0.2) is 54.6 Å². The Labute approximate surface area is 149 Å². The lowest BCUT2D eigenvalue weighted by Crippen LogP contribution is -2.42. The third-order valence-electron chi connectivity index (χ3n) is 3.60. The Morgan fingerprint density at radius 3 is 2.32 bits per heavy atom. The minimum Gasteiger partial charge on any atom is -0.497 e. The standard InChI is InChI=1S/C20H26N2O3/c1-20(2,24)15-22(13-16-7-5-4-6-8-16)14-19(23)21-17-9-11-18(25-3)12-10-17/h4-12,24H,13-15H2,1-3H3,(H,21,23). The lowest BCUT2D eigenvalue weighted by molar-refractivity contribution is -0.118. The summed E-state index contributed by atoms with van der Waals surface area (Å²) in [6, 6.07) is 17.1. The number of aliphatic hydroxyl groups is 1. The largest absolute Gasteiger partial charge is 0.497 e. The first-order chi connectivity index (χ1) is 11.9. The number of nitrogens with zero attached hydrogens (tertiary/aromatic N) is 1. The summed E-state index contributed by atoms with van der Waals surface area (Å²) in [6.45, 7) is 4.68. The quantitative estimate of drug-likeness (QED) is 0.774. The molecule has 0 aromatic heterocycles. The first-order valence-corrected chi connectivity index (χ1v) is 8.28. The Morgan fingerprint density at radius 2 is 1.76 bits per heavy atom. The molecule has 2 N–H and O–H groups in total. The monoisotopic (exact) mass is 342 g/mol. The molecule has 5 nitrogen and oxygen atoms in total. The van der Waals surface area contributed by atoms with Gasteiger partial charge < -0.3 is 15.2 Å². The molecule has 2 aromatic carbocycles. The third-order valence-corrected chi connectivity index (χ3v) is 3.60. The van der Waals surface area contributed by atoms with Gasteiger partial charge in [0.2, 0.25) is 5.91 Å². The zero-order valence-electron chi connectivity index (χ0n) is 15.0. The summed E-state index contributed by atoms with van der Waals surface area (Å²) >= 11 is 0. The molecule has 0 atom stereocenters. The van der Waals surface area contributed by atoms with Crippen LogP contribution in [-0.4, -0.2) is 41.7 Å². The van der Waals surface area contributed by atoms with Crippen LogP contribution in [0.4, 0.5) is 5.69 Å². The molecule has 0 bridgehead atoms. The molecule has 0 radical (unpaired) electrons. The molecule has 0 aliphatic heterocycles. The van der Waals surface area contributed by atoms with E-state index in [1.54, 1.807) is 45.2 Å². The van der Waals surface area contributed by atoms with Gasteiger partial charge in [-0.2, -0.15) is 0 Å². The molecule has 0 aliphatic carbocycles. The van der Waals surface area contributed by atoms with E-state index in [2.05, 4.69) is 5.32 Å². The molecule has 25 heavy (non-hydrogen) atoms. The third kappa shape index (κ3) is 6.95. The summed E-state index contributed by atoms with van der Waals surface area (Å²) in [7, 11) is 1.60. The maximum Gasteiger partial charge on any atom is 0.238 e. The summed E-state index contributed by atoms with van der Waals surface area (Å²) in [5.74, 6) is 0.621. The molecular weight excluding hydrogens is 316 g/mol. The van der Waals surface area contributed by atoms with Gasteiger partial charge in [0.05, 0.1) is 19.3 Å². The van der Waals surface area contributed by atoms with Gasteiger partial charge in [0, 0.05) is 18.8 Å². The van der Waals surface area contributed by atoms with E-state index in [-0.39, 0.29) is 12.5 Å². The smallest absolute Gasteiger partial charge is 0.238 e. The Kier molecular flexibility index (Phi) is 6.56. The second kappa shape index (κ2) is 8.65. The molecule has 0 heterocycles. The van der Waals surface area contributed by atoms with Crippen molar-refractivity contribution in [2.24, 2.45) is 0 Å². The van der Waals surface area contributed by atoms with E-state index >= 15 is 0 Å². The van der Waals surface area contributed by atoms with Crippen LogP contribution >= 0.6 is 0 Å². The molecule has 0 aliphatic rings. The van der Waals surface area contributed by atoms with Crippen molar-refractivity contribution in [3.05, 3.63) is 60.2 Å². The second-order valence-electron chi connectivity index (χ2n) is 6.72. The Hall–Kier alpha value is -2.37. The van der Waals surface area contributed by atoms with Crippen LogP contribution < -0.4 is 10.1 Å². The number of hydrogen-bond donors (Lipinski definition) is 2. The van der Waals surface area contributed by atoms with Crippen molar-refractivity contribution in [2.45, 2.75) is 26.0 Å². The molecule has 2 rings (SSSR count). The maximum absolute atomic E-state index is 12.4. The van der Waals surface area contributed by atoms with Crippen LogP contribution in [0.3, 0.4) is 0 Å². The van der Waals surface area contributed by atoms with E-state index in [0.717, 1.165) is 11.3 Å². The maximum atomic E-state index is 12.4. The molecule has 0 saturated heterocycles. The fraction of sp³-hybridized carbons (Fsp3) is 0.350. The van der Waals surface area contributed by atoms with Crippen molar-refractivity contribution in [3.63, 3.8) is 0 Å². The fourth-order valence-electron chi connectivity index (χ4n) is 2.63. The number of methoxy groups -OCH3 is 1. The first-order valence-electron chi connectivity index (χ1n) is 8.28. The Morgan fingerprint density at radius 1 is 1.12 bits per heavy atom. The van der Waals surface area contributed by atoms with Crippen LogP contribution in [0.1, 0.15) is 19.4 Å². The van der Waals surface area contributed by atoms with E-state index < -0.39 is 5.60 Å². The SMILES string of the molecule is COc1ccc(NC(=O)CN(Cc2ccccc2)CC(C)(C)O)cc1. The predicted octanol–water partition coefficient (Wildman–Crippen LogP) is 2.91. The van der Waals surface area contributed by atoms with Crippen LogP contribution in [0.2, 0.25) is 0 Å². The molecule has 0 spiro atoms. The number of carbonyl (C=O) groups excluding carboxylic acids is 1. The lowest BCUT2D eigenvalue weighted by Gasteiger charge is -2.28. The highest BCUT2D eigenvalue weighted by Crippen LogP contribution is 2.15. The molecule has 134 valence electrons. The first kappa shape index (κ1) is 19.0. The zero-order valence-corrected chi connectivity index (χ0v) is 15.0. The average molecular weight is 342 g/mol. The highest BCUT2D eigenvalue weighted by Gasteiger charge is 2.20. The minimum atomic E-state index is -0.880. The summed E-state index contributed by atoms with van der Waals surface area (Å²) < 4.78 is 5.11. The van der Waals surface area contributed by atoms with Gasteiger partial charge >= 0.3 is 0 Å². The number of rotatable bonds is 8. The van der Waals surface area contributed by atoms with E-state index in [0.29, 0.717) is 18.8 Å². The number of nitrogens with one attached hydrogen (secondary N) is 1. The van der Waals surface area contributed by atoms with Crippen molar-refractivity contribution < 1.29 is 14.6 Å². The van der Waals surface area contributed by atoms with Crippen molar-refractivity contribution in [3.8, 4) is 5.75 Å². The van der Waals surface area contributed by atoms with E-state index in [9.17, 15) is 9.90 Å². The molecule has 2 aromatic rings. The van der Waals surface area contributed by atoms with Crippen molar-refractivity contribution in [2.75, 3.05) is 25.5 Å². The van der Waals surface area contributed by atoms with Crippen molar-refractivity contribution >= 4 is 11.6 Å². The van der Waals surface area contributed by atoms with Crippen LogP contribution in [0.5, 0.6) is 5.75 Å². The minimum absolute atomic E-state index is 0.120. The Balaban J connectivity index is 2.00. The van der Waals surface area contributed by atoms with Crippen molar-refractivity contribution in [1.29, 1.82) is 0 Å². The van der Waals surface area contributed by atoms with Gasteiger partial charge in [-0.05, 0) is 43.7 Å². The molecular formula is C20H26N2O3. The summed E-state index contributed by atoms with van der Waals surface area (Å²) in [5.41, 5.74) is 0.938. The molecule has 5 heteroatoms. The molecule has 1 amide bonds. The second-order valence-corrected chi connectivity index (χ2v) is 6.72. The van der Waals surface area contributed by atoms with Crippen LogP contribution in [-0.2, 0) is 11.3 Å². The summed E-state index contributed by atoms with van der Waals surface area (Å²) in [5, 5.41) is 13.0.